The van der Waals surface area contributed by atoms with Gasteiger partial charge in [-0.15, -0.1) is 0 Å². The van der Waals surface area contributed by atoms with Crippen LogP contribution in [0.5, 0.6) is 0 Å². The predicted molar refractivity (Wildman–Crippen MR) is 144 cm³/mol. The Morgan fingerprint density at radius 1 is 1.09 bits per heavy atom. The minimum absolute atomic E-state index is 0.0380. The summed E-state index contributed by atoms with van der Waals surface area (Å²) in [6.45, 7) is 18.0. The van der Waals surface area contributed by atoms with Crippen molar-refractivity contribution in [3.63, 3.8) is 0 Å². The topological polar surface area (TPSA) is 19.0 Å². The summed E-state index contributed by atoms with van der Waals surface area (Å²) >= 11 is 0. The van der Waals surface area contributed by atoms with Crippen molar-refractivity contribution in [2.75, 3.05) is 26.2 Å². The first-order valence-electron chi connectivity index (χ1n) is 14.0. The molecule has 0 bridgehead atoms. The highest BCUT2D eigenvalue weighted by Crippen LogP contribution is 2.39. The number of epoxide rings is 1. The molecule has 0 amide bonds. The Labute approximate surface area is 209 Å². The molecule has 2 aliphatic heterocycles. The molecule has 34 heavy (non-hydrogen) atoms. The summed E-state index contributed by atoms with van der Waals surface area (Å²) in [5.41, 5.74) is 4.03. The number of ether oxygens (including phenoxy) is 1. The Morgan fingerprint density at radius 3 is 2.50 bits per heavy atom. The van der Waals surface area contributed by atoms with Crippen LogP contribution in [-0.2, 0) is 11.2 Å². The molecule has 0 N–H and O–H groups in total. The lowest BCUT2D eigenvalue weighted by molar-refractivity contribution is 0.103. The van der Waals surface area contributed by atoms with E-state index in [4.69, 9.17) is 4.74 Å². The van der Waals surface area contributed by atoms with E-state index in [0.717, 1.165) is 45.0 Å². The molecule has 0 spiro atoms. The van der Waals surface area contributed by atoms with Crippen LogP contribution in [0.1, 0.15) is 83.6 Å². The van der Waals surface area contributed by atoms with E-state index in [1.165, 1.54) is 74.7 Å². The van der Waals surface area contributed by atoms with Crippen molar-refractivity contribution in [1.29, 1.82) is 0 Å². The summed E-state index contributed by atoms with van der Waals surface area (Å²) in [7, 11) is 0. The first kappa shape index (κ1) is 25.4. The van der Waals surface area contributed by atoms with E-state index in [1.54, 1.807) is 0 Å². The minimum atomic E-state index is 0.0380. The van der Waals surface area contributed by atoms with E-state index in [-0.39, 0.29) is 5.60 Å². The molecule has 1 aromatic carbocycles. The number of aryl methyl sites for hydroxylation is 1. The van der Waals surface area contributed by atoms with Crippen molar-refractivity contribution in [3.8, 4) is 0 Å². The molecule has 1 aromatic rings. The van der Waals surface area contributed by atoms with Gasteiger partial charge in [-0.25, -0.2) is 0 Å². The average Bonchev–Trinajstić information content (AvgIpc) is 3.64. The molecule has 3 nitrogen and oxygen atoms in total. The fourth-order valence-electron chi connectivity index (χ4n) is 6.21. The van der Waals surface area contributed by atoms with Crippen LogP contribution in [0.3, 0.4) is 0 Å². The Hall–Kier alpha value is -1.74. The number of hydrogen-bond acceptors (Lipinski definition) is 3. The lowest BCUT2D eigenvalue weighted by Crippen LogP contribution is -2.48. The van der Waals surface area contributed by atoms with Gasteiger partial charge >= 0.3 is 0 Å². The third-order valence-corrected chi connectivity index (χ3v) is 8.80. The third kappa shape index (κ3) is 6.68. The van der Waals surface area contributed by atoms with E-state index in [9.17, 15) is 0 Å². The lowest BCUT2D eigenvalue weighted by atomic mass is 9.86. The number of hydrogen-bond donors (Lipinski definition) is 0. The number of likely N-dealkylation sites (tertiary alicyclic amines) is 1. The number of nitrogens with zero attached hydrogens (tertiary/aromatic N) is 2. The van der Waals surface area contributed by atoms with E-state index >= 15 is 0 Å². The van der Waals surface area contributed by atoms with Gasteiger partial charge in [0, 0.05) is 24.5 Å². The molecule has 3 atom stereocenters. The van der Waals surface area contributed by atoms with Crippen LogP contribution < -0.4 is 0 Å². The van der Waals surface area contributed by atoms with Gasteiger partial charge in [-0.05, 0) is 62.8 Å². The zero-order valence-electron chi connectivity index (χ0n) is 21.9. The summed E-state index contributed by atoms with van der Waals surface area (Å²) < 4.78 is 5.89. The number of rotatable bonds is 12. The van der Waals surface area contributed by atoms with Gasteiger partial charge < -0.3 is 14.5 Å². The second kappa shape index (κ2) is 11.8. The van der Waals surface area contributed by atoms with Gasteiger partial charge in [0.05, 0.1) is 19.2 Å². The average molecular weight is 465 g/mol. The molecule has 2 unspecified atom stereocenters. The van der Waals surface area contributed by atoms with Gasteiger partial charge in [0.25, 0.3) is 0 Å². The summed E-state index contributed by atoms with van der Waals surface area (Å²) in [5, 5.41) is 0. The highest BCUT2D eigenvalue weighted by Gasteiger charge is 2.50. The van der Waals surface area contributed by atoms with Gasteiger partial charge in [0.15, 0.2) is 0 Å². The number of piperidine rings is 1. The third-order valence-electron chi connectivity index (χ3n) is 8.80. The van der Waals surface area contributed by atoms with Crippen LogP contribution in [0.4, 0.5) is 0 Å². The Morgan fingerprint density at radius 2 is 1.79 bits per heavy atom. The lowest BCUT2D eigenvalue weighted by Gasteiger charge is -2.43. The molecule has 1 saturated carbocycles. The second-order valence-electron chi connectivity index (χ2n) is 11.5. The zero-order valence-corrected chi connectivity index (χ0v) is 21.9. The van der Waals surface area contributed by atoms with E-state index < -0.39 is 0 Å². The van der Waals surface area contributed by atoms with Crippen LogP contribution in [0, 0.1) is 11.8 Å². The molecule has 2 saturated heterocycles. The van der Waals surface area contributed by atoms with Gasteiger partial charge in [-0.1, -0.05) is 82.5 Å². The molecule has 4 rings (SSSR count). The molecule has 1 aliphatic carbocycles. The maximum Gasteiger partial charge on any atom is 0.109 e. The summed E-state index contributed by atoms with van der Waals surface area (Å²) in [6.07, 6.45) is 14.4. The monoisotopic (exact) mass is 464 g/mol. The maximum atomic E-state index is 5.89. The molecule has 2 heterocycles. The summed E-state index contributed by atoms with van der Waals surface area (Å²) in [5.74, 6) is 1.36. The predicted octanol–water partition coefficient (Wildman–Crippen LogP) is 7.20. The van der Waals surface area contributed by atoms with Crippen LogP contribution in [-0.4, -0.2) is 47.7 Å². The Balaban J connectivity index is 1.39. The zero-order chi connectivity index (χ0) is 24.0. The molecule has 3 aliphatic rings. The molecule has 3 fully saturated rings. The quantitative estimate of drug-likeness (QED) is 0.305. The van der Waals surface area contributed by atoms with E-state index in [2.05, 4.69) is 67.1 Å². The molecule has 188 valence electrons. The van der Waals surface area contributed by atoms with Crippen LogP contribution in [0.2, 0.25) is 0 Å². The van der Waals surface area contributed by atoms with Crippen LogP contribution in [0.25, 0.3) is 0 Å². The van der Waals surface area contributed by atoms with Crippen molar-refractivity contribution < 1.29 is 4.74 Å². The van der Waals surface area contributed by atoms with Crippen molar-refractivity contribution in [2.24, 2.45) is 11.8 Å². The summed E-state index contributed by atoms with van der Waals surface area (Å²) in [4.78, 5) is 5.18. The van der Waals surface area contributed by atoms with Crippen LogP contribution >= 0.6 is 0 Å². The second-order valence-corrected chi connectivity index (χ2v) is 11.5. The van der Waals surface area contributed by atoms with E-state index in [0.29, 0.717) is 12.0 Å². The number of benzene rings is 1. The van der Waals surface area contributed by atoms with Gasteiger partial charge in [-0.3, -0.25) is 0 Å². The smallest absolute Gasteiger partial charge is 0.109 e. The fraction of sp³-hybridized carbons (Fsp3) is 0.677. The minimum Gasteiger partial charge on any atom is -0.369 e. The molecule has 3 heteroatoms. The fourth-order valence-corrected chi connectivity index (χ4v) is 6.21. The normalized spacial score (nSPS) is 26.2. The Bertz CT molecular complexity index is 793. The van der Waals surface area contributed by atoms with Crippen molar-refractivity contribution in [2.45, 2.75) is 96.1 Å². The highest BCUT2D eigenvalue weighted by molar-refractivity contribution is 5.16. The highest BCUT2D eigenvalue weighted by atomic mass is 16.6. The molecular formula is C31H48N2O. The largest absolute Gasteiger partial charge is 0.369 e. The number of allylic oxidation sites excluding steroid dienone is 1. The SMILES string of the molecule is C=C(C(C)CCc1ccccc1)N(CCC1CCCCC1)CC(=C)N1CCCC[C@@H]1C1(C)CO1. The van der Waals surface area contributed by atoms with Gasteiger partial charge in [0.1, 0.15) is 5.60 Å². The van der Waals surface area contributed by atoms with Gasteiger partial charge in [0.2, 0.25) is 0 Å². The first-order chi connectivity index (χ1) is 16.5. The van der Waals surface area contributed by atoms with E-state index in [1.807, 2.05) is 0 Å². The first-order valence-corrected chi connectivity index (χ1v) is 14.0. The van der Waals surface area contributed by atoms with Crippen molar-refractivity contribution in [1.82, 2.24) is 9.80 Å². The van der Waals surface area contributed by atoms with Gasteiger partial charge in [-0.2, -0.15) is 0 Å². The molecule has 0 radical (unpaired) electrons. The maximum absolute atomic E-state index is 5.89. The standard InChI is InChI=1S/C31H48N2O/c1-25(18-19-28-13-7-5-8-14-28)27(3)32(22-20-29-15-9-6-10-16-29)23-26(2)33-21-12-11-17-30(33)31(4)24-34-31/h5,7-8,13-14,25,29-30H,2-3,6,9-12,15-24H2,1,4H3/t25?,30-,31?/m1/s1. The van der Waals surface area contributed by atoms with Crippen molar-refractivity contribution >= 4 is 0 Å². The Kier molecular flexibility index (Phi) is 8.80. The summed E-state index contributed by atoms with van der Waals surface area (Å²) in [6, 6.07) is 11.4. The van der Waals surface area contributed by atoms with Crippen molar-refractivity contribution in [3.05, 3.63) is 60.4 Å². The molecular weight excluding hydrogens is 416 g/mol. The molecule has 0 aromatic heterocycles. The van der Waals surface area contributed by atoms with Crippen LogP contribution in [0.15, 0.2) is 54.9 Å².